The Balaban J connectivity index is 2.25. The summed E-state index contributed by atoms with van der Waals surface area (Å²) in [5.74, 6) is -0.0218. The van der Waals surface area contributed by atoms with E-state index >= 15 is 0 Å². The van der Waals surface area contributed by atoms with Crippen molar-refractivity contribution < 1.29 is 22.1 Å². The SMILES string of the molecule is COc1cc(C=NNC(C)=O)ccc1OS(=O)(=O)c1ccccc1. The first-order valence-corrected chi connectivity index (χ1v) is 8.30. The van der Waals surface area contributed by atoms with E-state index < -0.39 is 10.1 Å². The number of methoxy groups -OCH3 is 1. The first-order chi connectivity index (χ1) is 11.4. The average molecular weight is 348 g/mol. The van der Waals surface area contributed by atoms with Gasteiger partial charge in [0.05, 0.1) is 13.3 Å². The van der Waals surface area contributed by atoms with Crippen molar-refractivity contribution in [3.63, 3.8) is 0 Å². The molecule has 0 atom stereocenters. The van der Waals surface area contributed by atoms with Crippen molar-refractivity contribution in [3.05, 3.63) is 54.1 Å². The minimum Gasteiger partial charge on any atom is -0.493 e. The van der Waals surface area contributed by atoms with E-state index in [1.807, 2.05) is 0 Å². The minimum absolute atomic E-state index is 0.0448. The number of hydrogen-bond donors (Lipinski definition) is 1. The van der Waals surface area contributed by atoms with Gasteiger partial charge in [0.1, 0.15) is 4.90 Å². The van der Waals surface area contributed by atoms with Gasteiger partial charge in [-0.05, 0) is 35.9 Å². The van der Waals surface area contributed by atoms with Crippen LogP contribution in [0.2, 0.25) is 0 Å². The number of amides is 1. The number of carbonyl (C=O) groups excluding carboxylic acids is 1. The zero-order chi connectivity index (χ0) is 17.6. The molecular formula is C16H16N2O5S. The molecular weight excluding hydrogens is 332 g/mol. The molecule has 7 nitrogen and oxygen atoms in total. The fourth-order valence-corrected chi connectivity index (χ4v) is 2.75. The molecule has 0 saturated heterocycles. The zero-order valence-corrected chi connectivity index (χ0v) is 13.9. The Labute approximate surface area is 140 Å². The molecule has 0 spiro atoms. The molecule has 1 N–H and O–H groups in total. The van der Waals surface area contributed by atoms with E-state index in [1.54, 1.807) is 30.3 Å². The van der Waals surface area contributed by atoms with Crippen molar-refractivity contribution >= 4 is 22.2 Å². The fraction of sp³-hybridized carbons (Fsp3) is 0.125. The molecule has 0 bridgehead atoms. The van der Waals surface area contributed by atoms with Gasteiger partial charge in [-0.25, -0.2) is 5.43 Å². The van der Waals surface area contributed by atoms with Gasteiger partial charge >= 0.3 is 10.1 Å². The van der Waals surface area contributed by atoms with Crippen molar-refractivity contribution in [2.45, 2.75) is 11.8 Å². The van der Waals surface area contributed by atoms with Gasteiger partial charge in [0.2, 0.25) is 5.91 Å². The Morgan fingerprint density at radius 3 is 2.46 bits per heavy atom. The first kappa shape index (κ1) is 17.5. The van der Waals surface area contributed by atoms with E-state index in [9.17, 15) is 13.2 Å². The Morgan fingerprint density at radius 1 is 1.12 bits per heavy atom. The molecule has 0 aromatic heterocycles. The second-order valence-electron chi connectivity index (χ2n) is 4.69. The topological polar surface area (TPSA) is 94.1 Å². The smallest absolute Gasteiger partial charge is 0.339 e. The summed E-state index contributed by atoms with van der Waals surface area (Å²) in [7, 11) is -2.56. The summed E-state index contributed by atoms with van der Waals surface area (Å²) < 4.78 is 34.8. The van der Waals surface area contributed by atoms with Crippen molar-refractivity contribution in [2.75, 3.05) is 7.11 Å². The molecule has 0 saturated carbocycles. The van der Waals surface area contributed by atoms with E-state index in [0.29, 0.717) is 5.56 Å². The number of carbonyl (C=O) groups is 1. The number of benzene rings is 2. The molecule has 126 valence electrons. The summed E-state index contributed by atoms with van der Waals surface area (Å²) in [4.78, 5) is 10.8. The highest BCUT2D eigenvalue weighted by molar-refractivity contribution is 7.87. The van der Waals surface area contributed by atoms with Crippen LogP contribution < -0.4 is 14.3 Å². The second-order valence-corrected chi connectivity index (χ2v) is 6.23. The molecule has 1 amide bonds. The van der Waals surface area contributed by atoms with Crippen molar-refractivity contribution in [2.24, 2.45) is 5.10 Å². The summed E-state index contributed by atoms with van der Waals surface area (Å²) in [6, 6.07) is 12.4. The Bertz CT molecular complexity index is 848. The number of hydrogen-bond acceptors (Lipinski definition) is 6. The maximum Gasteiger partial charge on any atom is 0.339 e. The molecule has 2 rings (SSSR count). The molecule has 0 heterocycles. The van der Waals surface area contributed by atoms with Crippen LogP contribution in [0.3, 0.4) is 0 Å². The largest absolute Gasteiger partial charge is 0.493 e. The number of nitrogens with zero attached hydrogens (tertiary/aromatic N) is 1. The summed E-state index contributed by atoms with van der Waals surface area (Å²) in [6.07, 6.45) is 1.40. The molecule has 2 aromatic carbocycles. The van der Waals surface area contributed by atoms with Gasteiger partial charge in [-0.3, -0.25) is 4.79 Å². The lowest BCUT2D eigenvalue weighted by atomic mass is 10.2. The molecule has 0 fully saturated rings. The zero-order valence-electron chi connectivity index (χ0n) is 13.1. The second kappa shape index (κ2) is 7.60. The van der Waals surface area contributed by atoms with Crippen LogP contribution in [-0.4, -0.2) is 27.6 Å². The fourth-order valence-electron chi connectivity index (χ4n) is 1.78. The molecule has 0 aliphatic rings. The maximum atomic E-state index is 12.3. The Morgan fingerprint density at radius 2 is 1.83 bits per heavy atom. The van der Waals surface area contributed by atoms with E-state index in [0.717, 1.165) is 0 Å². The number of nitrogens with one attached hydrogen (secondary N) is 1. The minimum atomic E-state index is -3.96. The maximum absolute atomic E-state index is 12.3. The summed E-state index contributed by atoms with van der Waals surface area (Å²) >= 11 is 0. The van der Waals surface area contributed by atoms with Gasteiger partial charge in [-0.1, -0.05) is 18.2 Å². The van der Waals surface area contributed by atoms with Crippen LogP contribution in [0.5, 0.6) is 11.5 Å². The molecule has 24 heavy (non-hydrogen) atoms. The van der Waals surface area contributed by atoms with Crippen LogP contribution in [0.4, 0.5) is 0 Å². The predicted octanol–water partition coefficient (Wildman–Crippen LogP) is 1.93. The van der Waals surface area contributed by atoms with E-state index in [4.69, 9.17) is 8.92 Å². The third kappa shape index (κ3) is 4.56. The number of hydrazone groups is 1. The van der Waals surface area contributed by atoms with Gasteiger partial charge in [0.15, 0.2) is 11.5 Å². The highest BCUT2D eigenvalue weighted by Crippen LogP contribution is 2.30. The normalized spacial score (nSPS) is 11.2. The quantitative estimate of drug-likeness (QED) is 0.489. The lowest BCUT2D eigenvalue weighted by Gasteiger charge is -2.11. The highest BCUT2D eigenvalue weighted by atomic mass is 32.2. The van der Waals surface area contributed by atoms with Crippen LogP contribution in [0.15, 0.2) is 58.5 Å². The van der Waals surface area contributed by atoms with Crippen molar-refractivity contribution in [1.82, 2.24) is 5.43 Å². The van der Waals surface area contributed by atoms with E-state index in [1.165, 1.54) is 38.4 Å². The van der Waals surface area contributed by atoms with Gasteiger partial charge in [0, 0.05) is 6.92 Å². The third-order valence-electron chi connectivity index (χ3n) is 2.85. The Kier molecular flexibility index (Phi) is 5.54. The molecule has 0 aliphatic carbocycles. The van der Waals surface area contributed by atoms with Gasteiger partial charge < -0.3 is 8.92 Å². The van der Waals surface area contributed by atoms with Crippen LogP contribution in [0.1, 0.15) is 12.5 Å². The predicted molar refractivity (Wildman–Crippen MR) is 88.7 cm³/mol. The van der Waals surface area contributed by atoms with Crippen LogP contribution in [0.25, 0.3) is 0 Å². The Hall–Kier alpha value is -2.87. The average Bonchev–Trinajstić information content (AvgIpc) is 2.56. The first-order valence-electron chi connectivity index (χ1n) is 6.89. The summed E-state index contributed by atoms with van der Waals surface area (Å²) in [5, 5.41) is 3.73. The molecule has 2 aromatic rings. The van der Waals surface area contributed by atoms with E-state index in [2.05, 4.69) is 10.5 Å². The van der Waals surface area contributed by atoms with Crippen molar-refractivity contribution in [3.8, 4) is 11.5 Å². The molecule has 0 radical (unpaired) electrons. The van der Waals surface area contributed by atoms with Gasteiger partial charge in [0.25, 0.3) is 0 Å². The monoisotopic (exact) mass is 348 g/mol. The highest BCUT2D eigenvalue weighted by Gasteiger charge is 2.18. The van der Waals surface area contributed by atoms with Gasteiger partial charge in [-0.2, -0.15) is 13.5 Å². The van der Waals surface area contributed by atoms with Crippen LogP contribution >= 0.6 is 0 Å². The molecule has 8 heteroatoms. The number of rotatable bonds is 6. The lowest BCUT2D eigenvalue weighted by Crippen LogP contribution is -2.12. The van der Waals surface area contributed by atoms with E-state index in [-0.39, 0.29) is 22.3 Å². The lowest BCUT2D eigenvalue weighted by molar-refractivity contribution is -0.118. The van der Waals surface area contributed by atoms with Crippen LogP contribution in [-0.2, 0) is 14.9 Å². The third-order valence-corrected chi connectivity index (χ3v) is 4.10. The number of ether oxygens (including phenoxy) is 1. The van der Waals surface area contributed by atoms with Crippen LogP contribution in [0, 0.1) is 0 Å². The summed E-state index contributed by atoms with van der Waals surface area (Å²) in [6.45, 7) is 1.34. The molecule has 0 unspecified atom stereocenters. The van der Waals surface area contributed by atoms with Gasteiger partial charge in [-0.15, -0.1) is 0 Å². The summed E-state index contributed by atoms with van der Waals surface area (Å²) in [5.41, 5.74) is 2.87. The van der Waals surface area contributed by atoms with Crippen molar-refractivity contribution in [1.29, 1.82) is 0 Å². The molecule has 0 aliphatic heterocycles. The standard InChI is InChI=1S/C16H16N2O5S/c1-12(19)18-17-11-13-8-9-15(16(10-13)22-2)23-24(20,21)14-6-4-3-5-7-14/h3-11H,1-2H3,(H,18,19).